The maximum absolute atomic E-state index is 12.5. The summed E-state index contributed by atoms with van der Waals surface area (Å²) in [5.74, 6) is 0.827. The minimum absolute atomic E-state index is 0.0176. The van der Waals surface area contributed by atoms with Gasteiger partial charge in [0.05, 0.1) is 0 Å². The number of nitro groups is 1. The second-order valence-corrected chi connectivity index (χ2v) is 24.4. The molecule has 1 fully saturated rings. The molecule has 6 heteroatoms. The number of esters is 1. The van der Waals surface area contributed by atoms with Gasteiger partial charge in [-0.2, -0.15) is 0 Å². The van der Waals surface area contributed by atoms with Gasteiger partial charge in [-0.25, -0.2) is 0 Å². The minimum atomic E-state index is -2.06. The Hall–Kier alpha value is -1.11. The van der Waals surface area contributed by atoms with Gasteiger partial charge in [0, 0.05) is 0 Å². The van der Waals surface area contributed by atoms with Crippen LogP contribution in [0.1, 0.15) is 43.5 Å². The third-order valence-corrected chi connectivity index (χ3v) is 13.8. The summed E-state index contributed by atoms with van der Waals surface area (Å²) in [5, 5.41) is 10.7. The van der Waals surface area contributed by atoms with Crippen molar-refractivity contribution in [3.05, 3.63) is 39.9 Å². The topological polar surface area (TPSA) is 69.4 Å². The monoisotopic (exact) mass is 455 g/mol. The van der Waals surface area contributed by atoms with Crippen molar-refractivity contribution in [2.24, 2.45) is 11.8 Å². The van der Waals surface area contributed by atoms with Gasteiger partial charge in [0.2, 0.25) is 0 Å². The van der Waals surface area contributed by atoms with Gasteiger partial charge in [0.25, 0.3) is 0 Å². The summed E-state index contributed by atoms with van der Waals surface area (Å²) in [7, 11) is 0. The Morgan fingerprint density at radius 1 is 1.16 bits per heavy atom. The van der Waals surface area contributed by atoms with E-state index in [1.165, 1.54) is 30.7 Å². The standard InChI is InChI=1S/C16H20NO4.3CH3.Sn/c1-11(2)13-4-3-5-15(10-13)21-16(18)12-6-8-14(9-7-12)17(19)20;;;;/h3,6-9,11,13,15H,4-5,10H2,1-2H3;3*1H3;/t13-,15+;;;;/m1..../s1. The van der Waals surface area contributed by atoms with Crippen LogP contribution >= 0.6 is 0 Å². The summed E-state index contributed by atoms with van der Waals surface area (Å²) in [6, 6.07) is 5.65. The molecule has 1 aromatic carbocycles. The van der Waals surface area contributed by atoms with Crippen LogP contribution in [0.3, 0.4) is 0 Å². The Balaban J connectivity index is 2.08. The number of hydrogen-bond donors (Lipinski definition) is 0. The van der Waals surface area contributed by atoms with E-state index in [-0.39, 0.29) is 17.8 Å². The summed E-state index contributed by atoms with van der Waals surface area (Å²) in [6.07, 6.45) is 3.13. The molecule has 0 N–H and O–H groups in total. The van der Waals surface area contributed by atoms with E-state index in [2.05, 4.69) is 28.7 Å². The first-order chi connectivity index (χ1) is 11.6. The molecule has 3 atom stereocenters. The van der Waals surface area contributed by atoms with Crippen LogP contribution < -0.4 is 0 Å². The second-order valence-electron chi connectivity index (χ2n) is 8.61. The number of nitrogens with zero attached hydrogens (tertiary/aromatic N) is 1. The van der Waals surface area contributed by atoms with E-state index in [4.69, 9.17) is 4.74 Å². The number of ether oxygens (including phenoxy) is 1. The van der Waals surface area contributed by atoms with Gasteiger partial charge in [-0.05, 0) is 0 Å². The molecule has 1 aromatic rings. The first-order valence-electron chi connectivity index (χ1n) is 9.03. The molecule has 0 aromatic heterocycles. The molecule has 0 unspecified atom stereocenters. The van der Waals surface area contributed by atoms with Crippen LogP contribution in [-0.2, 0) is 4.74 Å². The number of carbonyl (C=O) groups is 1. The van der Waals surface area contributed by atoms with Gasteiger partial charge >= 0.3 is 154 Å². The zero-order valence-corrected chi connectivity index (χ0v) is 18.7. The predicted octanol–water partition coefficient (Wildman–Crippen LogP) is 5.28. The fraction of sp³-hybridized carbons (Fsp3) is 0.632. The van der Waals surface area contributed by atoms with Crippen molar-refractivity contribution in [3.63, 3.8) is 0 Å². The Morgan fingerprint density at radius 2 is 1.76 bits per heavy atom. The zero-order chi connectivity index (χ0) is 18.8. The van der Waals surface area contributed by atoms with Crippen molar-refractivity contribution in [1.29, 1.82) is 0 Å². The molecule has 0 aliphatic heterocycles. The van der Waals surface area contributed by atoms with Gasteiger partial charge in [-0.3, -0.25) is 0 Å². The van der Waals surface area contributed by atoms with Gasteiger partial charge in [0.15, 0.2) is 0 Å². The van der Waals surface area contributed by atoms with Crippen LogP contribution in [-0.4, -0.2) is 35.4 Å². The van der Waals surface area contributed by atoms with E-state index < -0.39 is 23.3 Å². The number of nitro benzene ring substituents is 1. The van der Waals surface area contributed by atoms with Crippen LogP contribution in [0.4, 0.5) is 5.69 Å². The first kappa shape index (κ1) is 20.2. The van der Waals surface area contributed by atoms with Crippen molar-refractivity contribution in [2.75, 3.05) is 0 Å². The van der Waals surface area contributed by atoms with Crippen LogP contribution in [0.5, 0.6) is 0 Å². The summed E-state index contributed by atoms with van der Waals surface area (Å²) < 4.78 is 6.54. The molecule has 138 valence electrons. The van der Waals surface area contributed by atoms with Gasteiger partial charge in [-0.15, -0.1) is 0 Å². The third-order valence-electron chi connectivity index (χ3n) is 5.46. The first-order valence-corrected chi connectivity index (χ1v) is 19.2. The summed E-state index contributed by atoms with van der Waals surface area (Å²) in [6.45, 7) is 4.50. The average molecular weight is 454 g/mol. The summed E-state index contributed by atoms with van der Waals surface area (Å²) in [5.41, 5.74) is 0.365. The Bertz CT molecular complexity index is 621. The summed E-state index contributed by atoms with van der Waals surface area (Å²) >= 11 is -2.06. The van der Waals surface area contributed by atoms with E-state index >= 15 is 0 Å². The molecule has 0 spiro atoms. The van der Waals surface area contributed by atoms with Gasteiger partial charge in [0.1, 0.15) is 0 Å². The van der Waals surface area contributed by atoms with E-state index in [0.717, 1.165) is 16.8 Å². The molecule has 1 saturated carbocycles. The van der Waals surface area contributed by atoms with Crippen LogP contribution in [0.15, 0.2) is 24.3 Å². The molecule has 0 heterocycles. The molecular formula is C19H29NO4Sn. The van der Waals surface area contributed by atoms with Crippen LogP contribution in [0, 0.1) is 22.0 Å². The molecule has 1 aliphatic carbocycles. The van der Waals surface area contributed by atoms with E-state index in [9.17, 15) is 14.9 Å². The Kier molecular flexibility index (Phi) is 6.51. The van der Waals surface area contributed by atoms with Gasteiger partial charge in [-0.1, -0.05) is 0 Å². The number of rotatable bonds is 5. The molecule has 0 saturated heterocycles. The van der Waals surface area contributed by atoms with Crippen LogP contribution in [0.2, 0.25) is 18.8 Å². The van der Waals surface area contributed by atoms with E-state index in [1.807, 2.05) is 0 Å². The molecule has 0 bridgehead atoms. The maximum atomic E-state index is 12.5. The average Bonchev–Trinajstić information content (AvgIpc) is 2.53. The van der Waals surface area contributed by atoms with Crippen molar-refractivity contribution in [3.8, 4) is 0 Å². The van der Waals surface area contributed by atoms with E-state index in [0.29, 0.717) is 17.4 Å². The van der Waals surface area contributed by atoms with Gasteiger partial charge < -0.3 is 0 Å². The zero-order valence-electron chi connectivity index (χ0n) is 15.8. The number of non-ortho nitro benzene ring substituents is 1. The molecular weight excluding hydrogens is 425 g/mol. The summed E-state index contributed by atoms with van der Waals surface area (Å²) in [4.78, 5) is 30.1. The Morgan fingerprint density at radius 3 is 2.24 bits per heavy atom. The SMILES string of the molecule is CC(C)[C@H]1C[C@@H](OC(=O)c2ccc([N+](=O)[O-])cc2)C[C@H]([Sn]([CH3])([CH3])[CH3])C1. The van der Waals surface area contributed by atoms with Crippen molar-refractivity contribution in [2.45, 2.75) is 58.0 Å². The van der Waals surface area contributed by atoms with Crippen LogP contribution in [0.25, 0.3) is 0 Å². The molecule has 5 nitrogen and oxygen atoms in total. The molecule has 25 heavy (non-hydrogen) atoms. The predicted molar refractivity (Wildman–Crippen MR) is 102 cm³/mol. The molecule has 1 aliphatic rings. The second kappa shape index (κ2) is 8.06. The fourth-order valence-corrected chi connectivity index (χ4v) is 9.25. The normalized spacial score (nSPS) is 24.2. The van der Waals surface area contributed by atoms with Crippen molar-refractivity contribution < 1.29 is 14.5 Å². The molecule has 0 amide bonds. The number of benzene rings is 1. The molecule has 0 radical (unpaired) electrons. The number of carbonyl (C=O) groups excluding carboxylic acids is 1. The molecule has 2 rings (SSSR count). The number of hydrogen-bond acceptors (Lipinski definition) is 4. The third kappa shape index (κ3) is 5.43. The van der Waals surface area contributed by atoms with Crippen molar-refractivity contribution in [1.82, 2.24) is 0 Å². The van der Waals surface area contributed by atoms with E-state index in [1.54, 1.807) is 0 Å². The quantitative estimate of drug-likeness (QED) is 0.263. The van der Waals surface area contributed by atoms with Crippen molar-refractivity contribution >= 4 is 30.0 Å². The fourth-order valence-electron chi connectivity index (χ4n) is 3.60. The Labute approximate surface area is 154 Å².